The van der Waals surface area contributed by atoms with Crippen LogP contribution in [-0.2, 0) is 8.92 Å². The number of hydrogen-bond acceptors (Lipinski definition) is 3. The van der Waals surface area contributed by atoms with Crippen molar-refractivity contribution in [3.63, 3.8) is 0 Å². The van der Waals surface area contributed by atoms with Crippen molar-refractivity contribution in [2.75, 3.05) is 13.2 Å². The lowest BCUT2D eigenvalue weighted by atomic mass is 10.2. The summed E-state index contributed by atoms with van der Waals surface area (Å²) in [5.74, 6) is 0. The van der Waals surface area contributed by atoms with Gasteiger partial charge in [0.25, 0.3) is 0 Å². The molecule has 0 bridgehead atoms. The SMILES string of the molecule is FC(F)(F)SOCC1CCCO1. The van der Waals surface area contributed by atoms with E-state index in [4.69, 9.17) is 4.74 Å². The molecule has 0 spiro atoms. The van der Waals surface area contributed by atoms with Gasteiger partial charge >= 0.3 is 5.51 Å². The van der Waals surface area contributed by atoms with Gasteiger partial charge in [-0.3, -0.25) is 0 Å². The van der Waals surface area contributed by atoms with Gasteiger partial charge < -0.3 is 8.92 Å². The second kappa shape index (κ2) is 4.34. The highest BCUT2D eigenvalue weighted by atomic mass is 32.2. The van der Waals surface area contributed by atoms with Crippen LogP contribution in [0.25, 0.3) is 0 Å². The first-order chi connectivity index (χ1) is 5.58. The summed E-state index contributed by atoms with van der Waals surface area (Å²) in [5, 5.41) is 0. The lowest BCUT2D eigenvalue weighted by Crippen LogP contribution is -2.13. The molecule has 1 saturated heterocycles. The smallest absolute Gasteiger partial charge is 0.376 e. The van der Waals surface area contributed by atoms with Crippen LogP contribution < -0.4 is 0 Å². The van der Waals surface area contributed by atoms with Crippen molar-refractivity contribution >= 4 is 12.0 Å². The van der Waals surface area contributed by atoms with Crippen LogP contribution in [0, 0.1) is 0 Å². The molecule has 1 heterocycles. The van der Waals surface area contributed by atoms with Crippen molar-refractivity contribution < 1.29 is 22.1 Å². The maximum atomic E-state index is 11.5. The molecule has 0 saturated carbocycles. The van der Waals surface area contributed by atoms with Gasteiger partial charge in [0.15, 0.2) is 0 Å². The minimum atomic E-state index is -4.31. The van der Waals surface area contributed by atoms with Gasteiger partial charge in [-0.2, -0.15) is 13.2 Å². The van der Waals surface area contributed by atoms with Crippen LogP contribution in [0.3, 0.4) is 0 Å². The lowest BCUT2D eigenvalue weighted by Gasteiger charge is -2.09. The summed E-state index contributed by atoms with van der Waals surface area (Å²) in [6.45, 7) is 0.648. The van der Waals surface area contributed by atoms with Crippen LogP contribution >= 0.6 is 12.0 Å². The van der Waals surface area contributed by atoms with E-state index in [0.29, 0.717) is 6.61 Å². The zero-order valence-corrected chi connectivity index (χ0v) is 7.08. The average Bonchev–Trinajstić information content (AvgIpc) is 2.36. The fourth-order valence-electron chi connectivity index (χ4n) is 0.953. The largest absolute Gasteiger partial charge is 0.467 e. The molecule has 0 amide bonds. The van der Waals surface area contributed by atoms with E-state index in [1.54, 1.807) is 0 Å². The topological polar surface area (TPSA) is 18.5 Å². The highest BCUT2D eigenvalue weighted by Gasteiger charge is 2.30. The third-order valence-corrected chi connectivity index (χ3v) is 1.87. The Morgan fingerprint density at radius 3 is 2.75 bits per heavy atom. The molecular formula is C6H9F3O2S. The molecule has 0 N–H and O–H groups in total. The summed E-state index contributed by atoms with van der Waals surface area (Å²) in [5.41, 5.74) is -4.31. The summed E-state index contributed by atoms with van der Waals surface area (Å²) in [4.78, 5) is 0. The Morgan fingerprint density at radius 2 is 2.25 bits per heavy atom. The molecule has 0 aliphatic carbocycles. The van der Waals surface area contributed by atoms with Crippen molar-refractivity contribution in [1.29, 1.82) is 0 Å². The molecular weight excluding hydrogens is 193 g/mol. The van der Waals surface area contributed by atoms with Crippen LogP contribution in [0.5, 0.6) is 0 Å². The van der Waals surface area contributed by atoms with Crippen LogP contribution in [-0.4, -0.2) is 24.8 Å². The fraction of sp³-hybridized carbons (Fsp3) is 1.00. The highest BCUT2D eigenvalue weighted by Crippen LogP contribution is 2.31. The van der Waals surface area contributed by atoms with Crippen LogP contribution in [0.2, 0.25) is 0 Å². The standard InChI is InChI=1S/C6H9F3O2S/c7-6(8,9)12-11-4-5-2-1-3-10-5/h5H,1-4H2. The van der Waals surface area contributed by atoms with E-state index in [1.165, 1.54) is 0 Å². The molecule has 1 fully saturated rings. The first kappa shape index (κ1) is 10.1. The molecule has 1 atom stereocenters. The monoisotopic (exact) mass is 202 g/mol. The number of hydrogen-bond donors (Lipinski definition) is 0. The number of halogens is 3. The lowest BCUT2D eigenvalue weighted by molar-refractivity contribution is -0.0416. The van der Waals surface area contributed by atoms with Crippen molar-refractivity contribution in [3.05, 3.63) is 0 Å². The summed E-state index contributed by atoms with van der Waals surface area (Å²) < 4.78 is 44.0. The maximum Gasteiger partial charge on any atom is 0.467 e. The van der Waals surface area contributed by atoms with E-state index in [2.05, 4.69) is 4.18 Å². The predicted octanol–water partition coefficient (Wildman–Crippen LogP) is 2.35. The zero-order valence-electron chi connectivity index (χ0n) is 6.26. The number of rotatable bonds is 3. The molecule has 0 radical (unpaired) electrons. The third-order valence-electron chi connectivity index (χ3n) is 1.43. The summed E-state index contributed by atoms with van der Waals surface area (Å²) >= 11 is -0.460. The Bertz CT molecular complexity index is 133. The molecule has 0 aromatic heterocycles. The minimum Gasteiger partial charge on any atom is -0.376 e. The molecule has 72 valence electrons. The molecule has 1 aliphatic heterocycles. The summed E-state index contributed by atoms with van der Waals surface area (Å²) in [7, 11) is 0. The van der Waals surface area contributed by atoms with Gasteiger partial charge in [0, 0.05) is 6.61 Å². The number of alkyl halides is 3. The van der Waals surface area contributed by atoms with Crippen molar-refractivity contribution in [2.45, 2.75) is 24.5 Å². The van der Waals surface area contributed by atoms with E-state index in [0.717, 1.165) is 12.8 Å². The normalized spacial score (nSPS) is 24.8. The van der Waals surface area contributed by atoms with Crippen LogP contribution in [0.4, 0.5) is 13.2 Å². The molecule has 1 aliphatic rings. The predicted molar refractivity (Wildman–Crippen MR) is 38.6 cm³/mol. The fourth-order valence-corrected chi connectivity index (χ4v) is 1.31. The van der Waals surface area contributed by atoms with E-state index in [9.17, 15) is 13.2 Å². The maximum absolute atomic E-state index is 11.5. The quantitative estimate of drug-likeness (QED) is 0.654. The second-order valence-corrected chi connectivity index (χ2v) is 3.31. The Kier molecular flexibility index (Phi) is 3.67. The Hall–Kier alpha value is 0.0600. The van der Waals surface area contributed by atoms with Gasteiger partial charge in [-0.05, 0) is 12.8 Å². The van der Waals surface area contributed by atoms with Gasteiger partial charge in [0.1, 0.15) is 12.0 Å². The third kappa shape index (κ3) is 4.18. The van der Waals surface area contributed by atoms with Crippen LogP contribution in [0.15, 0.2) is 0 Å². The van der Waals surface area contributed by atoms with Gasteiger partial charge in [-0.25, -0.2) is 0 Å². The number of ether oxygens (including phenoxy) is 1. The Morgan fingerprint density at radius 1 is 1.50 bits per heavy atom. The van der Waals surface area contributed by atoms with Crippen molar-refractivity contribution in [3.8, 4) is 0 Å². The molecule has 1 unspecified atom stereocenters. The zero-order chi connectivity index (χ0) is 9.03. The Balaban J connectivity index is 2.02. The van der Waals surface area contributed by atoms with Crippen molar-refractivity contribution in [2.24, 2.45) is 0 Å². The van der Waals surface area contributed by atoms with Crippen molar-refractivity contribution in [1.82, 2.24) is 0 Å². The van der Waals surface area contributed by atoms with Gasteiger partial charge in [-0.1, -0.05) is 0 Å². The molecule has 1 rings (SSSR count). The average molecular weight is 202 g/mol. The molecule has 12 heavy (non-hydrogen) atoms. The first-order valence-corrected chi connectivity index (χ1v) is 4.31. The van der Waals surface area contributed by atoms with Gasteiger partial charge in [0.2, 0.25) is 0 Å². The van der Waals surface area contributed by atoms with Crippen LogP contribution in [0.1, 0.15) is 12.8 Å². The Labute approximate surface area is 72.6 Å². The molecule has 6 heteroatoms. The molecule has 0 aromatic carbocycles. The van der Waals surface area contributed by atoms with E-state index in [1.807, 2.05) is 0 Å². The molecule has 2 nitrogen and oxygen atoms in total. The highest BCUT2D eigenvalue weighted by molar-refractivity contribution is 7.95. The minimum absolute atomic E-state index is 0.0180. The van der Waals surface area contributed by atoms with E-state index in [-0.39, 0.29) is 12.7 Å². The second-order valence-electron chi connectivity index (χ2n) is 2.45. The summed E-state index contributed by atoms with van der Waals surface area (Å²) in [6, 6.07) is 0. The van der Waals surface area contributed by atoms with E-state index < -0.39 is 17.6 Å². The summed E-state index contributed by atoms with van der Waals surface area (Å²) in [6.07, 6.45) is 1.54. The molecule has 0 aromatic rings. The van der Waals surface area contributed by atoms with E-state index >= 15 is 0 Å². The first-order valence-electron chi connectivity index (χ1n) is 3.57. The van der Waals surface area contributed by atoms with Gasteiger partial charge in [-0.15, -0.1) is 0 Å². The van der Waals surface area contributed by atoms with Gasteiger partial charge in [0.05, 0.1) is 12.7 Å².